The summed E-state index contributed by atoms with van der Waals surface area (Å²) < 4.78 is 26.0. The van der Waals surface area contributed by atoms with Gasteiger partial charge in [-0.05, 0) is 24.6 Å². The average Bonchev–Trinajstić information content (AvgIpc) is 2.80. The summed E-state index contributed by atoms with van der Waals surface area (Å²) >= 11 is 5.98. The van der Waals surface area contributed by atoms with Gasteiger partial charge in [0.15, 0.2) is 0 Å². The van der Waals surface area contributed by atoms with E-state index >= 15 is 0 Å². The molecule has 0 aromatic heterocycles. The van der Waals surface area contributed by atoms with Crippen LogP contribution < -0.4 is 16.0 Å². The van der Waals surface area contributed by atoms with Crippen LogP contribution in [-0.4, -0.2) is 36.9 Å². The average molecular weight is 332 g/mol. The molecular weight excluding hydrogens is 316 g/mol. The van der Waals surface area contributed by atoms with Crippen LogP contribution in [-0.2, 0) is 9.59 Å². The standard InChI is InChI=1S/C14H16ClF2N3O2/c1-8-2-3-10(9(15)4-8)20-12(21)6-18-13(22)11-5-14(16,17)7-19-11/h2-4,11,19H,5-7H2,1H3,(H,18,22)(H,20,21). The van der Waals surface area contributed by atoms with Gasteiger partial charge in [-0.3, -0.25) is 14.9 Å². The zero-order valence-electron chi connectivity index (χ0n) is 11.9. The molecule has 5 nitrogen and oxygen atoms in total. The van der Waals surface area contributed by atoms with Crippen molar-refractivity contribution in [3.8, 4) is 0 Å². The van der Waals surface area contributed by atoms with E-state index in [0.717, 1.165) is 5.56 Å². The lowest BCUT2D eigenvalue weighted by atomic mass is 10.2. The van der Waals surface area contributed by atoms with Crippen molar-refractivity contribution in [1.29, 1.82) is 0 Å². The number of hydrogen-bond donors (Lipinski definition) is 3. The Morgan fingerprint density at radius 3 is 2.77 bits per heavy atom. The Bertz CT molecular complexity index is 595. The Kier molecular flexibility index (Phi) is 4.97. The third-order valence-corrected chi connectivity index (χ3v) is 3.56. The number of rotatable bonds is 4. The van der Waals surface area contributed by atoms with Crippen molar-refractivity contribution in [2.24, 2.45) is 0 Å². The molecule has 120 valence electrons. The van der Waals surface area contributed by atoms with Gasteiger partial charge in [-0.25, -0.2) is 8.78 Å². The molecule has 1 aliphatic rings. The van der Waals surface area contributed by atoms with Gasteiger partial charge >= 0.3 is 0 Å². The quantitative estimate of drug-likeness (QED) is 0.786. The third-order valence-electron chi connectivity index (χ3n) is 3.25. The summed E-state index contributed by atoms with van der Waals surface area (Å²) in [6, 6.07) is 4.15. The first kappa shape index (κ1) is 16.6. The van der Waals surface area contributed by atoms with E-state index in [4.69, 9.17) is 11.6 Å². The number of carbonyl (C=O) groups excluding carboxylic acids is 2. The Morgan fingerprint density at radius 1 is 1.45 bits per heavy atom. The molecule has 1 aliphatic heterocycles. The molecule has 1 fully saturated rings. The van der Waals surface area contributed by atoms with Crippen molar-refractivity contribution < 1.29 is 18.4 Å². The molecule has 0 saturated carbocycles. The highest BCUT2D eigenvalue weighted by molar-refractivity contribution is 6.33. The minimum Gasteiger partial charge on any atom is -0.346 e. The van der Waals surface area contributed by atoms with E-state index in [-0.39, 0.29) is 6.54 Å². The minimum absolute atomic E-state index is 0.313. The molecule has 2 amide bonds. The smallest absolute Gasteiger partial charge is 0.262 e. The van der Waals surface area contributed by atoms with E-state index in [0.29, 0.717) is 10.7 Å². The fraction of sp³-hybridized carbons (Fsp3) is 0.429. The molecule has 0 aliphatic carbocycles. The van der Waals surface area contributed by atoms with E-state index in [9.17, 15) is 18.4 Å². The normalized spacial score (nSPS) is 19.7. The lowest BCUT2D eigenvalue weighted by Crippen LogP contribution is -2.43. The molecular formula is C14H16ClF2N3O2. The Hall–Kier alpha value is -1.73. The van der Waals surface area contributed by atoms with E-state index in [2.05, 4.69) is 16.0 Å². The van der Waals surface area contributed by atoms with Crippen LogP contribution in [0.2, 0.25) is 5.02 Å². The molecule has 1 aromatic rings. The van der Waals surface area contributed by atoms with E-state index in [1.54, 1.807) is 18.2 Å². The molecule has 1 heterocycles. The number of hydrogen-bond acceptors (Lipinski definition) is 3. The fourth-order valence-electron chi connectivity index (χ4n) is 2.11. The van der Waals surface area contributed by atoms with Crippen LogP contribution in [0.1, 0.15) is 12.0 Å². The Morgan fingerprint density at radius 2 is 2.18 bits per heavy atom. The van der Waals surface area contributed by atoms with Gasteiger partial charge in [-0.15, -0.1) is 0 Å². The van der Waals surface area contributed by atoms with Gasteiger partial charge < -0.3 is 10.6 Å². The predicted molar refractivity (Wildman–Crippen MR) is 79.2 cm³/mol. The lowest BCUT2D eigenvalue weighted by molar-refractivity contribution is -0.125. The SMILES string of the molecule is Cc1ccc(NC(=O)CNC(=O)C2CC(F)(F)CN2)c(Cl)c1. The number of nitrogens with one attached hydrogen (secondary N) is 3. The second-order valence-corrected chi connectivity index (χ2v) is 5.65. The van der Waals surface area contributed by atoms with Crippen molar-refractivity contribution in [1.82, 2.24) is 10.6 Å². The molecule has 0 spiro atoms. The molecule has 22 heavy (non-hydrogen) atoms. The summed E-state index contributed by atoms with van der Waals surface area (Å²) in [5.41, 5.74) is 1.38. The number of aryl methyl sites for hydroxylation is 1. The van der Waals surface area contributed by atoms with Gasteiger partial charge in [0, 0.05) is 6.42 Å². The maximum atomic E-state index is 13.0. The number of halogens is 3. The molecule has 2 rings (SSSR count). The summed E-state index contributed by atoms with van der Waals surface area (Å²) in [5, 5.41) is 7.68. The molecule has 1 atom stereocenters. The van der Waals surface area contributed by atoms with Crippen LogP contribution in [0.25, 0.3) is 0 Å². The molecule has 1 saturated heterocycles. The highest BCUT2D eigenvalue weighted by Crippen LogP contribution is 2.25. The van der Waals surface area contributed by atoms with Crippen molar-refractivity contribution in [2.45, 2.75) is 25.3 Å². The van der Waals surface area contributed by atoms with Gasteiger partial charge in [-0.1, -0.05) is 17.7 Å². The van der Waals surface area contributed by atoms with Crippen molar-refractivity contribution in [3.05, 3.63) is 28.8 Å². The number of carbonyl (C=O) groups is 2. The topological polar surface area (TPSA) is 70.2 Å². The maximum absolute atomic E-state index is 13.0. The summed E-state index contributed by atoms with van der Waals surface area (Å²) in [7, 11) is 0. The number of benzene rings is 1. The number of anilines is 1. The second kappa shape index (κ2) is 6.58. The molecule has 8 heteroatoms. The molecule has 0 bridgehead atoms. The highest BCUT2D eigenvalue weighted by Gasteiger charge is 2.42. The first-order valence-corrected chi connectivity index (χ1v) is 7.09. The van der Waals surface area contributed by atoms with E-state index in [1.165, 1.54) is 0 Å². The Balaban J connectivity index is 1.81. The van der Waals surface area contributed by atoms with Crippen LogP contribution in [0.5, 0.6) is 0 Å². The monoisotopic (exact) mass is 331 g/mol. The van der Waals surface area contributed by atoms with Crippen LogP contribution in [0.4, 0.5) is 14.5 Å². The first-order chi connectivity index (χ1) is 10.3. The van der Waals surface area contributed by atoms with Crippen molar-refractivity contribution in [2.75, 3.05) is 18.4 Å². The number of amides is 2. The predicted octanol–water partition coefficient (Wildman–Crippen LogP) is 1.70. The van der Waals surface area contributed by atoms with Gasteiger partial charge in [0.05, 0.1) is 29.8 Å². The summed E-state index contributed by atoms with van der Waals surface area (Å²) in [6.45, 7) is 1.02. The van der Waals surface area contributed by atoms with Gasteiger partial charge in [0.2, 0.25) is 11.8 Å². The summed E-state index contributed by atoms with van der Waals surface area (Å²) in [4.78, 5) is 23.4. The second-order valence-electron chi connectivity index (χ2n) is 5.24. The molecule has 0 radical (unpaired) electrons. The summed E-state index contributed by atoms with van der Waals surface area (Å²) in [6.07, 6.45) is -0.565. The lowest BCUT2D eigenvalue weighted by Gasteiger charge is -2.12. The maximum Gasteiger partial charge on any atom is 0.262 e. The third kappa shape index (κ3) is 4.38. The fourth-order valence-corrected chi connectivity index (χ4v) is 2.39. The van der Waals surface area contributed by atoms with E-state index < -0.39 is 36.7 Å². The zero-order chi connectivity index (χ0) is 16.3. The first-order valence-electron chi connectivity index (χ1n) is 6.72. The van der Waals surface area contributed by atoms with Crippen molar-refractivity contribution >= 4 is 29.1 Å². The molecule has 1 unspecified atom stereocenters. The molecule has 3 N–H and O–H groups in total. The van der Waals surface area contributed by atoms with Crippen molar-refractivity contribution in [3.63, 3.8) is 0 Å². The van der Waals surface area contributed by atoms with Crippen LogP contribution >= 0.6 is 11.6 Å². The zero-order valence-corrected chi connectivity index (χ0v) is 12.6. The van der Waals surface area contributed by atoms with Gasteiger partial charge in [-0.2, -0.15) is 0 Å². The highest BCUT2D eigenvalue weighted by atomic mass is 35.5. The Labute approximate surface area is 131 Å². The van der Waals surface area contributed by atoms with Crippen LogP contribution in [0, 0.1) is 6.92 Å². The number of alkyl halides is 2. The minimum atomic E-state index is -2.89. The largest absolute Gasteiger partial charge is 0.346 e. The van der Waals surface area contributed by atoms with Gasteiger partial charge in [0.1, 0.15) is 0 Å². The van der Waals surface area contributed by atoms with Gasteiger partial charge in [0.25, 0.3) is 5.92 Å². The van der Waals surface area contributed by atoms with Crippen LogP contribution in [0.15, 0.2) is 18.2 Å². The summed E-state index contributed by atoms with van der Waals surface area (Å²) in [5.74, 6) is -3.99. The molecule has 1 aromatic carbocycles. The van der Waals surface area contributed by atoms with E-state index in [1.807, 2.05) is 6.92 Å². The van der Waals surface area contributed by atoms with Crippen LogP contribution in [0.3, 0.4) is 0 Å².